The molecule has 1 saturated heterocycles. The van der Waals surface area contributed by atoms with Crippen LogP contribution in [-0.2, 0) is 17.8 Å². The van der Waals surface area contributed by atoms with Gasteiger partial charge in [-0.15, -0.1) is 0 Å². The summed E-state index contributed by atoms with van der Waals surface area (Å²) in [7, 11) is 0. The van der Waals surface area contributed by atoms with Gasteiger partial charge in [-0.25, -0.2) is 4.39 Å². The summed E-state index contributed by atoms with van der Waals surface area (Å²) in [6.45, 7) is 3.74. The number of fused-ring (bicyclic) bond motifs is 1. The average molecular weight is 486 g/mol. The first kappa shape index (κ1) is 22.0. The second-order valence-corrected chi connectivity index (χ2v) is 9.07. The fraction of sp³-hybridized carbons (Fsp3) is 0.400. The minimum absolute atomic E-state index is 0.0698. The van der Waals surface area contributed by atoms with Gasteiger partial charge in [0.25, 0.3) is 0 Å². The number of carbonyl (C=O) groups excluding carboxylic acids is 1. The largest absolute Gasteiger partial charge is 0.352 e. The number of piperidine rings is 1. The van der Waals surface area contributed by atoms with Crippen LogP contribution < -0.4 is 5.32 Å². The van der Waals surface area contributed by atoms with Crippen molar-refractivity contribution in [2.45, 2.75) is 38.3 Å². The summed E-state index contributed by atoms with van der Waals surface area (Å²) in [5.74, 6) is -0.103. The normalized spacial score (nSPS) is 15.4. The Kier molecular flexibility index (Phi) is 7.41. The monoisotopic (exact) mass is 485 g/mol. The number of amides is 1. The standard InChI is InChI=1S/C25H29BrFN3O/c26-12-7-25(31)28-18-20-1-4-21-9-16-30(24(21)17-20)23-10-14-29(15-11-23)13-8-19-2-5-22(27)6-3-19/h1-6,9,16-17,23H,7-8,10-15,18H2,(H,28,31). The third-order valence-electron chi connectivity index (χ3n) is 6.18. The van der Waals surface area contributed by atoms with Gasteiger partial charge in [0.05, 0.1) is 0 Å². The Morgan fingerprint density at radius 2 is 1.81 bits per heavy atom. The maximum absolute atomic E-state index is 13.1. The molecule has 0 atom stereocenters. The van der Waals surface area contributed by atoms with Crippen molar-refractivity contribution in [1.29, 1.82) is 0 Å². The summed E-state index contributed by atoms with van der Waals surface area (Å²) in [5.41, 5.74) is 3.57. The third kappa shape index (κ3) is 5.74. The number of alkyl halides is 1. The second-order valence-electron chi connectivity index (χ2n) is 8.28. The smallest absolute Gasteiger partial charge is 0.221 e. The molecular formula is C25H29BrFN3O. The first-order valence-corrected chi connectivity index (χ1v) is 12.1. The molecule has 2 heterocycles. The zero-order chi connectivity index (χ0) is 21.6. The van der Waals surface area contributed by atoms with Crippen LogP contribution in [0, 0.1) is 5.82 Å². The van der Waals surface area contributed by atoms with Gasteiger partial charge in [0.1, 0.15) is 5.82 Å². The summed E-state index contributed by atoms with van der Waals surface area (Å²) in [6, 6.07) is 16.0. The molecule has 1 aromatic heterocycles. The summed E-state index contributed by atoms with van der Waals surface area (Å²) in [5, 5.41) is 4.92. The van der Waals surface area contributed by atoms with Crippen LogP contribution in [0.1, 0.15) is 36.4 Å². The summed E-state index contributed by atoms with van der Waals surface area (Å²) in [4.78, 5) is 14.3. The predicted molar refractivity (Wildman–Crippen MR) is 127 cm³/mol. The van der Waals surface area contributed by atoms with Crippen LogP contribution in [0.15, 0.2) is 54.7 Å². The van der Waals surface area contributed by atoms with Crippen LogP contribution in [0.5, 0.6) is 0 Å². The van der Waals surface area contributed by atoms with Crippen LogP contribution in [0.25, 0.3) is 10.9 Å². The van der Waals surface area contributed by atoms with Gasteiger partial charge in [-0.2, -0.15) is 0 Å². The van der Waals surface area contributed by atoms with Gasteiger partial charge >= 0.3 is 0 Å². The number of benzene rings is 2. The van der Waals surface area contributed by atoms with Crippen LogP contribution in [-0.4, -0.2) is 40.3 Å². The number of nitrogens with one attached hydrogen (secondary N) is 1. The molecule has 0 spiro atoms. The first-order chi connectivity index (χ1) is 15.1. The molecule has 0 saturated carbocycles. The molecule has 6 heteroatoms. The maximum atomic E-state index is 13.1. The summed E-state index contributed by atoms with van der Waals surface area (Å²) in [6.07, 6.45) is 5.91. The van der Waals surface area contributed by atoms with Gasteiger partial charge in [0.2, 0.25) is 5.91 Å². The lowest BCUT2D eigenvalue weighted by molar-refractivity contribution is -0.120. The van der Waals surface area contributed by atoms with E-state index in [1.807, 2.05) is 12.1 Å². The Morgan fingerprint density at radius 3 is 2.55 bits per heavy atom. The number of carbonyl (C=O) groups is 1. The van der Waals surface area contributed by atoms with Gasteiger partial charge < -0.3 is 14.8 Å². The highest BCUT2D eigenvalue weighted by atomic mass is 79.9. The fourth-order valence-electron chi connectivity index (χ4n) is 4.36. The number of likely N-dealkylation sites (tertiary alicyclic amines) is 1. The third-order valence-corrected chi connectivity index (χ3v) is 6.58. The minimum Gasteiger partial charge on any atom is -0.352 e. The zero-order valence-corrected chi connectivity index (χ0v) is 19.3. The molecule has 0 aliphatic carbocycles. The van der Waals surface area contributed by atoms with Crippen LogP contribution in [0.3, 0.4) is 0 Å². The SMILES string of the molecule is O=C(CCBr)NCc1ccc2ccn(C3CCN(CCc4ccc(F)cc4)CC3)c2c1. The Balaban J connectivity index is 1.34. The van der Waals surface area contributed by atoms with Crippen LogP contribution in [0.2, 0.25) is 0 Å². The van der Waals surface area contributed by atoms with E-state index in [1.165, 1.54) is 16.5 Å². The molecule has 1 amide bonds. The molecule has 1 aliphatic rings. The Hall–Kier alpha value is -2.18. The highest BCUT2D eigenvalue weighted by molar-refractivity contribution is 9.09. The molecule has 1 aliphatic heterocycles. The molecule has 4 rings (SSSR count). The maximum Gasteiger partial charge on any atom is 0.221 e. The fourth-order valence-corrected chi connectivity index (χ4v) is 4.72. The number of aromatic nitrogens is 1. The number of halogens is 2. The summed E-state index contributed by atoms with van der Waals surface area (Å²) < 4.78 is 15.5. The molecule has 31 heavy (non-hydrogen) atoms. The number of hydrogen-bond donors (Lipinski definition) is 1. The van der Waals surface area contributed by atoms with E-state index in [4.69, 9.17) is 0 Å². The Labute approximate surface area is 191 Å². The molecule has 4 nitrogen and oxygen atoms in total. The van der Waals surface area contributed by atoms with Gasteiger partial charge in [0.15, 0.2) is 0 Å². The molecule has 2 aromatic carbocycles. The van der Waals surface area contributed by atoms with Crippen LogP contribution in [0.4, 0.5) is 4.39 Å². The lowest BCUT2D eigenvalue weighted by Crippen LogP contribution is -2.35. The molecule has 0 radical (unpaired) electrons. The second kappa shape index (κ2) is 10.4. The quantitative estimate of drug-likeness (QED) is 0.452. The molecule has 1 fully saturated rings. The lowest BCUT2D eigenvalue weighted by atomic mass is 10.0. The molecule has 1 N–H and O–H groups in total. The molecule has 3 aromatic rings. The minimum atomic E-state index is -0.173. The van der Waals surface area contributed by atoms with Gasteiger partial charge in [-0.05, 0) is 60.0 Å². The molecule has 0 bridgehead atoms. The van der Waals surface area contributed by atoms with Crippen molar-refractivity contribution in [1.82, 2.24) is 14.8 Å². The van der Waals surface area contributed by atoms with Crippen molar-refractivity contribution < 1.29 is 9.18 Å². The van der Waals surface area contributed by atoms with Crippen molar-refractivity contribution >= 4 is 32.7 Å². The van der Waals surface area contributed by atoms with E-state index in [9.17, 15) is 9.18 Å². The van der Waals surface area contributed by atoms with Crippen molar-refractivity contribution in [3.05, 3.63) is 71.7 Å². The van der Waals surface area contributed by atoms with E-state index >= 15 is 0 Å². The molecule has 0 unspecified atom stereocenters. The molecular weight excluding hydrogens is 457 g/mol. The summed E-state index contributed by atoms with van der Waals surface area (Å²) >= 11 is 3.30. The Bertz CT molecular complexity index is 1010. The highest BCUT2D eigenvalue weighted by Gasteiger charge is 2.21. The zero-order valence-electron chi connectivity index (χ0n) is 17.7. The highest BCUT2D eigenvalue weighted by Crippen LogP contribution is 2.28. The van der Waals surface area contributed by atoms with Crippen molar-refractivity contribution in [2.75, 3.05) is 25.0 Å². The molecule has 164 valence electrons. The van der Waals surface area contributed by atoms with E-state index < -0.39 is 0 Å². The van der Waals surface area contributed by atoms with E-state index in [-0.39, 0.29) is 11.7 Å². The van der Waals surface area contributed by atoms with Gasteiger partial charge in [0, 0.05) is 55.7 Å². The van der Waals surface area contributed by atoms with Crippen molar-refractivity contribution in [3.63, 3.8) is 0 Å². The first-order valence-electron chi connectivity index (χ1n) is 11.0. The van der Waals surface area contributed by atoms with Gasteiger partial charge in [-0.1, -0.05) is 40.2 Å². The van der Waals surface area contributed by atoms with Crippen molar-refractivity contribution in [3.8, 4) is 0 Å². The van der Waals surface area contributed by atoms with E-state index in [0.29, 0.717) is 24.3 Å². The number of rotatable bonds is 8. The van der Waals surface area contributed by atoms with E-state index in [1.54, 1.807) is 12.1 Å². The van der Waals surface area contributed by atoms with Crippen molar-refractivity contribution in [2.24, 2.45) is 0 Å². The number of nitrogens with zero attached hydrogens (tertiary/aromatic N) is 2. The average Bonchev–Trinajstić information content (AvgIpc) is 3.21. The number of hydrogen-bond acceptors (Lipinski definition) is 2. The lowest BCUT2D eigenvalue weighted by Gasteiger charge is -2.33. The topological polar surface area (TPSA) is 37.3 Å². The van der Waals surface area contributed by atoms with Crippen LogP contribution >= 0.6 is 15.9 Å². The predicted octanol–water partition coefficient (Wildman–Crippen LogP) is 5.06. The van der Waals surface area contributed by atoms with E-state index in [0.717, 1.165) is 44.5 Å². The Morgan fingerprint density at radius 1 is 1.06 bits per heavy atom. The van der Waals surface area contributed by atoms with Gasteiger partial charge in [-0.3, -0.25) is 4.79 Å². The van der Waals surface area contributed by atoms with E-state index in [2.05, 4.69) is 61.2 Å².